The summed E-state index contributed by atoms with van der Waals surface area (Å²) < 4.78 is 3.57. The van der Waals surface area contributed by atoms with Gasteiger partial charge in [0.05, 0.1) is 11.3 Å². The van der Waals surface area contributed by atoms with Crippen LogP contribution in [0.1, 0.15) is 29.9 Å². The van der Waals surface area contributed by atoms with E-state index in [0.29, 0.717) is 27.4 Å². The highest BCUT2D eigenvalue weighted by atomic mass is 35.5. The number of halogens is 1. The Morgan fingerprint density at radius 2 is 2.00 bits per heavy atom. The minimum atomic E-state index is -0.135. The average Bonchev–Trinajstić information content (AvgIpc) is 2.90. The fourth-order valence-electron chi connectivity index (χ4n) is 3.52. The number of hydrogen-bond donors (Lipinski definition) is 0. The molecule has 1 aromatic carbocycles. The van der Waals surface area contributed by atoms with Crippen molar-refractivity contribution in [1.29, 1.82) is 5.26 Å². The first-order valence-electron chi connectivity index (χ1n) is 7.92. The average molecular weight is 339 g/mol. The quantitative estimate of drug-likeness (QED) is 0.683. The van der Waals surface area contributed by atoms with Crippen molar-refractivity contribution in [1.82, 2.24) is 14.1 Å². The summed E-state index contributed by atoms with van der Waals surface area (Å²) >= 11 is 5.95. The van der Waals surface area contributed by atoms with Crippen LogP contribution in [0.15, 0.2) is 29.1 Å². The van der Waals surface area contributed by atoms with Crippen molar-refractivity contribution in [3.8, 4) is 11.8 Å². The molecule has 5 nitrogen and oxygen atoms in total. The van der Waals surface area contributed by atoms with Crippen LogP contribution in [0.2, 0.25) is 5.02 Å². The van der Waals surface area contributed by atoms with Crippen LogP contribution < -0.4 is 5.56 Å². The molecule has 0 atom stereocenters. The maximum atomic E-state index is 13.2. The van der Waals surface area contributed by atoms with Crippen molar-refractivity contribution in [3.63, 3.8) is 0 Å². The van der Waals surface area contributed by atoms with Gasteiger partial charge < -0.3 is 4.57 Å². The van der Waals surface area contributed by atoms with Crippen LogP contribution in [0.5, 0.6) is 0 Å². The van der Waals surface area contributed by atoms with Crippen molar-refractivity contribution in [3.05, 3.63) is 56.7 Å². The van der Waals surface area contributed by atoms with Crippen LogP contribution in [0.3, 0.4) is 0 Å². The summed E-state index contributed by atoms with van der Waals surface area (Å²) in [7, 11) is 0. The van der Waals surface area contributed by atoms with Crippen LogP contribution in [0.25, 0.3) is 16.7 Å². The summed E-state index contributed by atoms with van der Waals surface area (Å²) in [4.78, 5) is 17.8. The third kappa shape index (κ3) is 2.07. The molecule has 0 unspecified atom stereocenters. The highest BCUT2D eigenvalue weighted by Gasteiger charge is 2.24. The Labute approximate surface area is 143 Å². The van der Waals surface area contributed by atoms with Gasteiger partial charge in [0.15, 0.2) is 0 Å². The molecular weight excluding hydrogens is 324 g/mol. The van der Waals surface area contributed by atoms with E-state index in [-0.39, 0.29) is 5.56 Å². The van der Waals surface area contributed by atoms with Gasteiger partial charge in [0.1, 0.15) is 22.9 Å². The Balaban J connectivity index is 2.10. The number of nitriles is 1. The van der Waals surface area contributed by atoms with Gasteiger partial charge in [0.2, 0.25) is 0 Å². The van der Waals surface area contributed by atoms with Gasteiger partial charge >= 0.3 is 0 Å². The third-order valence-electron chi connectivity index (χ3n) is 4.59. The van der Waals surface area contributed by atoms with E-state index in [1.165, 1.54) is 0 Å². The molecule has 4 rings (SSSR count). The standard InChI is InChI=1S/C18H15ClN4O/c1-11-21-16-14(10-20)15-4-2-3-9-22(15)17(16)18(24)23(11)13-7-5-12(19)6-8-13/h5-8H,2-4,9H2,1H3. The second-order valence-electron chi connectivity index (χ2n) is 6.02. The molecule has 0 spiro atoms. The summed E-state index contributed by atoms with van der Waals surface area (Å²) in [6.07, 6.45) is 2.87. The Bertz CT molecular complexity index is 1050. The molecule has 2 aromatic heterocycles. The van der Waals surface area contributed by atoms with Crippen molar-refractivity contribution < 1.29 is 0 Å². The van der Waals surface area contributed by atoms with E-state index in [0.717, 1.165) is 37.2 Å². The Morgan fingerprint density at radius 1 is 1.25 bits per heavy atom. The minimum absolute atomic E-state index is 0.135. The maximum Gasteiger partial charge on any atom is 0.282 e. The molecule has 24 heavy (non-hydrogen) atoms. The molecule has 0 amide bonds. The summed E-state index contributed by atoms with van der Waals surface area (Å²) in [6, 6.07) is 9.36. The summed E-state index contributed by atoms with van der Waals surface area (Å²) in [6.45, 7) is 2.54. The molecule has 3 heterocycles. The third-order valence-corrected chi connectivity index (χ3v) is 4.84. The number of benzene rings is 1. The van der Waals surface area contributed by atoms with E-state index in [2.05, 4.69) is 11.1 Å². The molecule has 3 aromatic rings. The maximum absolute atomic E-state index is 13.2. The molecule has 6 heteroatoms. The molecule has 0 fully saturated rings. The number of aryl methyl sites for hydroxylation is 2. The van der Waals surface area contributed by atoms with Gasteiger partial charge in [-0.15, -0.1) is 0 Å². The topological polar surface area (TPSA) is 63.6 Å². The smallest absolute Gasteiger partial charge is 0.282 e. The summed E-state index contributed by atoms with van der Waals surface area (Å²) in [5, 5.41) is 10.2. The second kappa shape index (κ2) is 5.50. The lowest BCUT2D eigenvalue weighted by Gasteiger charge is -2.16. The zero-order valence-corrected chi connectivity index (χ0v) is 14.0. The molecule has 0 saturated heterocycles. The van der Waals surface area contributed by atoms with Gasteiger partial charge in [-0.25, -0.2) is 4.98 Å². The zero-order chi connectivity index (χ0) is 16.8. The minimum Gasteiger partial charge on any atom is -0.337 e. The van der Waals surface area contributed by atoms with E-state index in [1.54, 1.807) is 35.8 Å². The molecule has 120 valence electrons. The molecule has 0 N–H and O–H groups in total. The SMILES string of the molecule is Cc1nc2c(C#N)c3n(c2c(=O)n1-c1ccc(Cl)cc1)CCCC3. The highest BCUT2D eigenvalue weighted by molar-refractivity contribution is 6.30. The zero-order valence-electron chi connectivity index (χ0n) is 13.2. The van der Waals surface area contributed by atoms with Gasteiger partial charge in [-0.1, -0.05) is 11.6 Å². The Morgan fingerprint density at radius 3 is 2.71 bits per heavy atom. The molecule has 1 aliphatic heterocycles. The number of rotatable bonds is 1. The lowest BCUT2D eigenvalue weighted by atomic mass is 10.1. The summed E-state index contributed by atoms with van der Waals surface area (Å²) in [5.74, 6) is 0.564. The summed E-state index contributed by atoms with van der Waals surface area (Å²) in [5.41, 5.74) is 3.14. The largest absolute Gasteiger partial charge is 0.337 e. The van der Waals surface area contributed by atoms with Crippen LogP contribution in [0, 0.1) is 18.3 Å². The molecule has 0 saturated carbocycles. The van der Waals surface area contributed by atoms with E-state index in [9.17, 15) is 10.1 Å². The number of aromatic nitrogens is 3. The lowest BCUT2D eigenvalue weighted by molar-refractivity contribution is 0.542. The molecule has 0 aliphatic carbocycles. The lowest BCUT2D eigenvalue weighted by Crippen LogP contribution is -2.25. The fourth-order valence-corrected chi connectivity index (χ4v) is 3.65. The monoisotopic (exact) mass is 338 g/mol. The Kier molecular flexibility index (Phi) is 3.43. The predicted octanol–water partition coefficient (Wildman–Crippen LogP) is 3.36. The van der Waals surface area contributed by atoms with Gasteiger partial charge in [-0.2, -0.15) is 5.26 Å². The van der Waals surface area contributed by atoms with Crippen molar-refractivity contribution in [2.75, 3.05) is 0 Å². The van der Waals surface area contributed by atoms with Gasteiger partial charge in [-0.05, 0) is 50.5 Å². The normalized spacial score (nSPS) is 13.7. The van der Waals surface area contributed by atoms with Crippen LogP contribution >= 0.6 is 11.6 Å². The number of hydrogen-bond acceptors (Lipinski definition) is 3. The van der Waals surface area contributed by atoms with E-state index in [4.69, 9.17) is 11.6 Å². The van der Waals surface area contributed by atoms with E-state index < -0.39 is 0 Å². The van der Waals surface area contributed by atoms with Crippen LogP contribution in [-0.4, -0.2) is 14.1 Å². The predicted molar refractivity (Wildman–Crippen MR) is 92.7 cm³/mol. The fraction of sp³-hybridized carbons (Fsp3) is 0.278. The van der Waals surface area contributed by atoms with Gasteiger partial charge in [0, 0.05) is 17.3 Å². The van der Waals surface area contributed by atoms with Crippen molar-refractivity contribution in [2.24, 2.45) is 0 Å². The number of fused-ring (bicyclic) bond motifs is 3. The molecule has 1 aliphatic rings. The molecular formula is C18H15ClN4O. The van der Waals surface area contributed by atoms with Gasteiger partial charge in [0.25, 0.3) is 5.56 Å². The first-order valence-corrected chi connectivity index (χ1v) is 8.30. The van der Waals surface area contributed by atoms with Crippen LogP contribution in [-0.2, 0) is 13.0 Å². The first-order chi connectivity index (χ1) is 11.6. The second-order valence-corrected chi connectivity index (χ2v) is 6.45. The molecule has 0 radical (unpaired) electrons. The number of nitrogens with zero attached hydrogens (tertiary/aromatic N) is 4. The Hall–Kier alpha value is -2.58. The first kappa shape index (κ1) is 15.0. The van der Waals surface area contributed by atoms with E-state index in [1.807, 2.05) is 4.57 Å². The molecule has 0 bridgehead atoms. The van der Waals surface area contributed by atoms with E-state index >= 15 is 0 Å². The van der Waals surface area contributed by atoms with Crippen molar-refractivity contribution in [2.45, 2.75) is 32.7 Å². The van der Waals surface area contributed by atoms with Crippen LogP contribution in [0.4, 0.5) is 0 Å². The van der Waals surface area contributed by atoms with Gasteiger partial charge in [-0.3, -0.25) is 9.36 Å². The highest BCUT2D eigenvalue weighted by Crippen LogP contribution is 2.28. The van der Waals surface area contributed by atoms with Crippen molar-refractivity contribution >= 4 is 22.6 Å².